The van der Waals surface area contributed by atoms with Gasteiger partial charge in [-0.2, -0.15) is 0 Å². The molecule has 4 heterocycles. The van der Waals surface area contributed by atoms with Crippen LogP contribution in [-0.2, 0) is 9.59 Å². The molecule has 114 valence electrons. The summed E-state index contributed by atoms with van der Waals surface area (Å²) in [6.45, 7) is 4.27. The predicted octanol–water partition coefficient (Wildman–Crippen LogP) is -0.837. The molecule has 5 rings (SSSR count). The van der Waals surface area contributed by atoms with Crippen LogP contribution in [0.3, 0.4) is 0 Å². The van der Waals surface area contributed by atoms with Gasteiger partial charge in [0.25, 0.3) is 11.4 Å². The van der Waals surface area contributed by atoms with Crippen LogP contribution in [0.1, 0.15) is 20.3 Å². The zero-order chi connectivity index (χ0) is 15.4. The molecule has 6 heteroatoms. The fourth-order valence-corrected chi connectivity index (χ4v) is 6.92. The lowest BCUT2D eigenvalue weighted by Gasteiger charge is -2.30. The second-order valence-electron chi connectivity index (χ2n) is 9.05. The number of piperazine rings is 1. The number of hydrogen-bond acceptors (Lipinski definition) is 2. The second-order valence-corrected chi connectivity index (χ2v) is 9.05. The number of quaternary nitrogens is 2. The summed E-state index contributed by atoms with van der Waals surface area (Å²) in [6.07, 6.45) is 0.593. The molecule has 0 spiro atoms. The number of rotatable bonds is 0. The Morgan fingerprint density at radius 1 is 1.05 bits per heavy atom. The van der Waals surface area contributed by atoms with E-state index in [0.29, 0.717) is 25.2 Å². The SMILES string of the molecule is CC1(C)C(=O)N2CN1C(=O)CC13C4C(C21[N+]3(C)C)[N+]4(C)C. The summed E-state index contributed by atoms with van der Waals surface area (Å²) in [5.74, 6) is 0.292. The van der Waals surface area contributed by atoms with Crippen molar-refractivity contribution in [2.75, 3.05) is 34.9 Å². The van der Waals surface area contributed by atoms with E-state index in [4.69, 9.17) is 0 Å². The highest BCUT2D eigenvalue weighted by Gasteiger charge is 3.19. The average Bonchev–Trinajstić information content (AvgIpc) is 2.91. The fraction of sp³-hybridized carbons (Fsp3) is 0.867. The molecule has 0 aromatic heterocycles. The summed E-state index contributed by atoms with van der Waals surface area (Å²) in [4.78, 5) is 29.7. The number of carbonyl (C=O) groups is 2. The van der Waals surface area contributed by atoms with E-state index in [1.165, 1.54) is 0 Å². The number of carbonyl (C=O) groups excluding carboxylic acids is 2. The number of likely N-dealkylation sites (tertiary alicyclic amines) is 2. The molecular weight excluding hydrogens is 268 g/mol. The van der Waals surface area contributed by atoms with Gasteiger partial charge >= 0.3 is 5.66 Å². The smallest absolute Gasteiger partial charge is 0.300 e. The first-order chi connectivity index (χ1) is 9.50. The zero-order valence-electron chi connectivity index (χ0n) is 13.7. The maximum atomic E-state index is 13.0. The predicted molar refractivity (Wildman–Crippen MR) is 74.5 cm³/mol. The van der Waals surface area contributed by atoms with Crippen LogP contribution in [-0.4, -0.2) is 94.3 Å². The first kappa shape index (κ1) is 12.4. The van der Waals surface area contributed by atoms with Gasteiger partial charge in [0, 0.05) is 0 Å². The van der Waals surface area contributed by atoms with E-state index in [0.717, 1.165) is 8.97 Å². The molecule has 21 heavy (non-hydrogen) atoms. The molecule has 5 fully saturated rings. The highest BCUT2D eigenvalue weighted by atomic mass is 16.2. The molecule has 1 aliphatic carbocycles. The minimum absolute atomic E-state index is 0.0425. The van der Waals surface area contributed by atoms with Gasteiger partial charge in [0.1, 0.15) is 12.2 Å². The summed E-state index contributed by atoms with van der Waals surface area (Å²) in [6, 6.07) is 1.03. The third-order valence-electron chi connectivity index (χ3n) is 7.84. The Kier molecular flexibility index (Phi) is 1.49. The van der Waals surface area contributed by atoms with Gasteiger partial charge in [-0.25, -0.2) is 0 Å². The van der Waals surface area contributed by atoms with E-state index in [1.807, 2.05) is 13.8 Å². The molecule has 0 N–H and O–H groups in total. The van der Waals surface area contributed by atoms with E-state index in [-0.39, 0.29) is 23.0 Å². The van der Waals surface area contributed by atoms with Crippen LogP contribution in [0.15, 0.2) is 0 Å². The van der Waals surface area contributed by atoms with Crippen molar-refractivity contribution in [3.63, 3.8) is 0 Å². The van der Waals surface area contributed by atoms with Crippen molar-refractivity contribution in [1.29, 1.82) is 0 Å². The molecule has 1 saturated carbocycles. The number of amides is 2. The molecule has 2 bridgehead atoms. The van der Waals surface area contributed by atoms with Crippen molar-refractivity contribution in [1.82, 2.24) is 9.80 Å². The third-order valence-corrected chi connectivity index (χ3v) is 7.84. The molecule has 5 aliphatic rings. The van der Waals surface area contributed by atoms with Crippen molar-refractivity contribution in [2.24, 2.45) is 0 Å². The molecule has 0 aromatic rings. The number of fused-ring (bicyclic) bond motifs is 3. The van der Waals surface area contributed by atoms with Gasteiger partial charge in [0.15, 0.2) is 0 Å². The van der Waals surface area contributed by atoms with Crippen molar-refractivity contribution in [3.8, 4) is 0 Å². The Balaban J connectivity index is 1.74. The molecule has 4 atom stereocenters. The molecular formula is C15H24N4O2+2. The molecule has 4 unspecified atom stereocenters. The lowest BCUT2D eigenvalue weighted by Crippen LogP contribution is -2.61. The molecule has 2 amide bonds. The van der Waals surface area contributed by atoms with Crippen molar-refractivity contribution >= 4 is 11.8 Å². The van der Waals surface area contributed by atoms with Crippen LogP contribution >= 0.6 is 0 Å². The van der Waals surface area contributed by atoms with Gasteiger partial charge in [-0.15, -0.1) is 0 Å². The van der Waals surface area contributed by atoms with Gasteiger partial charge in [-0.3, -0.25) is 19.0 Å². The Morgan fingerprint density at radius 2 is 1.67 bits per heavy atom. The van der Waals surface area contributed by atoms with Crippen molar-refractivity contribution in [2.45, 2.75) is 49.1 Å². The van der Waals surface area contributed by atoms with E-state index in [9.17, 15) is 9.59 Å². The average molecular weight is 292 g/mol. The molecule has 0 aromatic carbocycles. The topological polar surface area (TPSA) is 40.6 Å². The van der Waals surface area contributed by atoms with Crippen LogP contribution in [0, 0.1) is 0 Å². The van der Waals surface area contributed by atoms with Crippen LogP contribution < -0.4 is 0 Å². The summed E-state index contributed by atoms with van der Waals surface area (Å²) in [5.41, 5.74) is -0.868. The summed E-state index contributed by atoms with van der Waals surface area (Å²) in [7, 11) is 8.93. The highest BCUT2D eigenvalue weighted by molar-refractivity contribution is 5.97. The normalized spacial score (nSPS) is 52.5. The van der Waals surface area contributed by atoms with Gasteiger partial charge in [-0.05, 0) is 13.8 Å². The van der Waals surface area contributed by atoms with Gasteiger partial charge < -0.3 is 9.38 Å². The van der Waals surface area contributed by atoms with Crippen LogP contribution in [0.2, 0.25) is 0 Å². The Hall–Kier alpha value is -1.14. The quantitative estimate of drug-likeness (QED) is 0.432. The Morgan fingerprint density at radius 3 is 2.29 bits per heavy atom. The summed E-state index contributed by atoms with van der Waals surface area (Å²) >= 11 is 0. The van der Waals surface area contributed by atoms with Gasteiger partial charge in [0.2, 0.25) is 18.0 Å². The molecule has 0 radical (unpaired) electrons. The minimum Gasteiger partial charge on any atom is -0.310 e. The van der Waals surface area contributed by atoms with Gasteiger partial charge in [0.05, 0.1) is 34.6 Å². The lowest BCUT2D eigenvalue weighted by atomic mass is 9.75. The monoisotopic (exact) mass is 292 g/mol. The summed E-state index contributed by atoms with van der Waals surface area (Å²) < 4.78 is 1.79. The van der Waals surface area contributed by atoms with Crippen molar-refractivity contribution < 1.29 is 18.6 Å². The van der Waals surface area contributed by atoms with Crippen LogP contribution in [0.5, 0.6) is 0 Å². The molecule has 4 aliphatic heterocycles. The van der Waals surface area contributed by atoms with E-state index in [2.05, 4.69) is 33.1 Å². The lowest BCUT2D eigenvalue weighted by molar-refractivity contribution is -0.878. The van der Waals surface area contributed by atoms with Gasteiger partial charge in [-0.1, -0.05) is 0 Å². The van der Waals surface area contributed by atoms with E-state index >= 15 is 0 Å². The minimum atomic E-state index is -0.683. The fourth-order valence-electron chi connectivity index (χ4n) is 6.92. The maximum Gasteiger partial charge on any atom is 0.300 e. The largest absolute Gasteiger partial charge is 0.310 e. The molecule has 4 saturated heterocycles. The highest BCUT2D eigenvalue weighted by Crippen LogP contribution is 2.85. The number of hydrogen-bond donors (Lipinski definition) is 0. The first-order valence-corrected chi connectivity index (χ1v) is 7.81. The van der Waals surface area contributed by atoms with Crippen LogP contribution in [0.25, 0.3) is 0 Å². The van der Waals surface area contributed by atoms with Crippen LogP contribution in [0.4, 0.5) is 0 Å². The Bertz CT molecular complexity index is 654. The standard InChI is InChI=1S/C15H24N4O2/c1-13(2)12(21)17-8-16(13)9(20)7-14-10-11(18(10,3)4)15(14,17)19(14,5)6/h10-11H,7-8H2,1-6H3/q+2. The second kappa shape index (κ2) is 2.52. The number of likely N-dealkylation sites (N-methyl/N-ethyl adjacent to an activating group) is 2. The van der Waals surface area contributed by atoms with E-state index in [1.54, 1.807) is 4.90 Å². The maximum absolute atomic E-state index is 13.0. The molecule has 6 nitrogen and oxygen atoms in total. The Labute approximate surface area is 125 Å². The first-order valence-electron chi connectivity index (χ1n) is 7.81. The van der Waals surface area contributed by atoms with Crippen molar-refractivity contribution in [3.05, 3.63) is 0 Å². The third kappa shape index (κ3) is 0.744. The van der Waals surface area contributed by atoms with E-state index < -0.39 is 5.54 Å². The summed E-state index contributed by atoms with van der Waals surface area (Å²) in [5, 5.41) is 0. The zero-order valence-corrected chi connectivity index (χ0v) is 13.7. The number of nitrogens with zero attached hydrogens (tertiary/aromatic N) is 4.